The minimum absolute atomic E-state index is 0.0195. The number of nitrogens with one attached hydrogen (secondary N) is 1. The molecule has 7 heteroatoms. The fourth-order valence-electron chi connectivity index (χ4n) is 2.43. The first kappa shape index (κ1) is 16.0. The van der Waals surface area contributed by atoms with E-state index in [-0.39, 0.29) is 5.91 Å². The van der Waals surface area contributed by atoms with Crippen LogP contribution < -0.4 is 4.90 Å². The highest BCUT2D eigenvalue weighted by Crippen LogP contribution is 2.32. The number of carbonyl (C=O) groups is 1. The quantitative estimate of drug-likeness (QED) is 0.656. The molecule has 0 spiro atoms. The Balaban J connectivity index is 1.73. The van der Waals surface area contributed by atoms with E-state index in [4.69, 9.17) is 28.6 Å². The SMILES string of the molecule is O=C1/C(=C\c2cccc(Cl)c2)SC(=S)N1C[NH+]1CCOCC1. The third-order valence-electron chi connectivity index (χ3n) is 3.60. The molecule has 0 radical (unpaired) electrons. The molecule has 0 atom stereocenters. The molecule has 0 aliphatic carbocycles. The second-order valence-corrected chi connectivity index (χ2v) is 7.30. The van der Waals surface area contributed by atoms with Gasteiger partial charge in [-0.05, 0) is 23.8 Å². The van der Waals surface area contributed by atoms with Gasteiger partial charge in [0.1, 0.15) is 13.1 Å². The number of thiocarbonyl (C=S) groups is 1. The maximum Gasteiger partial charge on any atom is 0.270 e. The van der Waals surface area contributed by atoms with Crippen LogP contribution in [0.5, 0.6) is 0 Å². The highest BCUT2D eigenvalue weighted by atomic mass is 35.5. The zero-order valence-electron chi connectivity index (χ0n) is 11.9. The number of hydrogen-bond donors (Lipinski definition) is 1. The Bertz CT molecular complexity index is 630. The molecule has 2 aliphatic rings. The number of carbonyl (C=O) groups excluding carboxylic acids is 1. The number of amides is 1. The molecular formula is C15H16ClN2O2S2+. The summed E-state index contributed by atoms with van der Waals surface area (Å²) in [5.41, 5.74) is 0.909. The molecule has 1 aromatic rings. The van der Waals surface area contributed by atoms with E-state index in [0.717, 1.165) is 31.9 Å². The summed E-state index contributed by atoms with van der Waals surface area (Å²) in [6.45, 7) is 3.90. The van der Waals surface area contributed by atoms with Crippen LogP contribution >= 0.6 is 35.6 Å². The molecule has 0 unspecified atom stereocenters. The molecule has 1 aromatic carbocycles. The molecule has 2 aliphatic heterocycles. The van der Waals surface area contributed by atoms with E-state index in [9.17, 15) is 4.79 Å². The Kier molecular flexibility index (Phi) is 5.15. The number of morpholine rings is 1. The van der Waals surface area contributed by atoms with Gasteiger partial charge in [-0.2, -0.15) is 0 Å². The maximum atomic E-state index is 12.6. The molecule has 2 saturated heterocycles. The van der Waals surface area contributed by atoms with Crippen molar-refractivity contribution in [3.63, 3.8) is 0 Å². The summed E-state index contributed by atoms with van der Waals surface area (Å²) < 4.78 is 5.97. The van der Waals surface area contributed by atoms with Crippen LogP contribution in [0.15, 0.2) is 29.2 Å². The molecule has 2 heterocycles. The van der Waals surface area contributed by atoms with Crippen LogP contribution in [0.2, 0.25) is 5.02 Å². The lowest BCUT2D eigenvalue weighted by molar-refractivity contribution is -0.914. The van der Waals surface area contributed by atoms with Crippen molar-refractivity contribution in [2.75, 3.05) is 33.0 Å². The molecule has 0 saturated carbocycles. The monoisotopic (exact) mass is 355 g/mol. The second-order valence-electron chi connectivity index (χ2n) is 5.19. The molecule has 2 fully saturated rings. The summed E-state index contributed by atoms with van der Waals surface area (Å²) in [4.78, 5) is 16.2. The first-order valence-electron chi connectivity index (χ1n) is 7.06. The molecule has 1 N–H and O–H groups in total. The fourth-order valence-corrected chi connectivity index (χ4v) is 3.88. The standard InChI is InChI=1S/C15H15ClN2O2S2/c16-12-3-1-2-11(8-12)9-13-14(19)18(15(21)22-13)10-17-4-6-20-7-5-17/h1-3,8-9H,4-7,10H2/p+1/b13-9+. The lowest BCUT2D eigenvalue weighted by Crippen LogP contribution is -3.15. The van der Waals surface area contributed by atoms with Gasteiger partial charge < -0.3 is 9.64 Å². The van der Waals surface area contributed by atoms with Gasteiger partial charge in [0.05, 0.1) is 18.1 Å². The van der Waals surface area contributed by atoms with Crippen LogP contribution in [0.4, 0.5) is 0 Å². The molecule has 3 rings (SSSR count). The predicted octanol–water partition coefficient (Wildman–Crippen LogP) is 1.41. The van der Waals surface area contributed by atoms with Crippen molar-refractivity contribution in [2.24, 2.45) is 0 Å². The number of nitrogens with zero attached hydrogens (tertiary/aromatic N) is 1. The summed E-state index contributed by atoms with van der Waals surface area (Å²) in [5, 5.41) is 0.655. The van der Waals surface area contributed by atoms with Crippen LogP contribution in [-0.4, -0.2) is 48.1 Å². The summed E-state index contributed by atoms with van der Waals surface area (Å²) in [6, 6.07) is 7.44. The summed E-state index contributed by atoms with van der Waals surface area (Å²) in [6.07, 6.45) is 1.85. The van der Waals surface area contributed by atoms with Gasteiger partial charge in [0.15, 0.2) is 11.0 Å². The van der Waals surface area contributed by atoms with Crippen molar-refractivity contribution in [2.45, 2.75) is 0 Å². The van der Waals surface area contributed by atoms with E-state index in [2.05, 4.69) is 0 Å². The third kappa shape index (κ3) is 3.70. The van der Waals surface area contributed by atoms with E-state index in [1.54, 1.807) is 4.90 Å². The first-order valence-corrected chi connectivity index (χ1v) is 8.66. The van der Waals surface area contributed by atoms with Gasteiger partial charge in [-0.1, -0.05) is 47.7 Å². The molecule has 0 aromatic heterocycles. The van der Waals surface area contributed by atoms with Gasteiger partial charge in [0.25, 0.3) is 5.91 Å². The van der Waals surface area contributed by atoms with E-state index < -0.39 is 0 Å². The van der Waals surface area contributed by atoms with Gasteiger partial charge >= 0.3 is 0 Å². The van der Waals surface area contributed by atoms with Crippen LogP contribution in [0.3, 0.4) is 0 Å². The van der Waals surface area contributed by atoms with Gasteiger partial charge in [0, 0.05) is 5.02 Å². The molecule has 4 nitrogen and oxygen atoms in total. The zero-order chi connectivity index (χ0) is 15.5. The van der Waals surface area contributed by atoms with E-state index >= 15 is 0 Å². The highest BCUT2D eigenvalue weighted by Gasteiger charge is 2.34. The van der Waals surface area contributed by atoms with E-state index in [1.165, 1.54) is 16.7 Å². The Morgan fingerprint density at radius 1 is 1.41 bits per heavy atom. The van der Waals surface area contributed by atoms with Crippen molar-refractivity contribution in [3.8, 4) is 0 Å². The number of rotatable bonds is 3. The smallest absolute Gasteiger partial charge is 0.270 e. The molecule has 22 heavy (non-hydrogen) atoms. The zero-order valence-corrected chi connectivity index (χ0v) is 14.3. The number of hydrogen-bond acceptors (Lipinski definition) is 4. The van der Waals surface area contributed by atoms with Gasteiger partial charge in [-0.15, -0.1) is 0 Å². The highest BCUT2D eigenvalue weighted by molar-refractivity contribution is 8.26. The summed E-state index contributed by atoms with van der Waals surface area (Å²) >= 11 is 12.7. The van der Waals surface area contributed by atoms with Gasteiger partial charge in [-0.25, -0.2) is 4.90 Å². The Morgan fingerprint density at radius 2 is 2.18 bits per heavy atom. The summed E-state index contributed by atoms with van der Waals surface area (Å²) in [7, 11) is 0. The van der Waals surface area contributed by atoms with Crippen molar-refractivity contribution in [3.05, 3.63) is 39.8 Å². The fraction of sp³-hybridized carbons (Fsp3) is 0.333. The molecule has 0 bridgehead atoms. The topological polar surface area (TPSA) is 34.0 Å². The number of halogens is 1. The molecule has 116 valence electrons. The number of thioether (sulfide) groups is 1. The van der Waals surface area contributed by atoms with Crippen LogP contribution in [-0.2, 0) is 9.53 Å². The Hall–Kier alpha value is -0.920. The lowest BCUT2D eigenvalue weighted by atomic mass is 10.2. The van der Waals surface area contributed by atoms with E-state index in [0.29, 0.717) is 20.9 Å². The third-order valence-corrected chi connectivity index (χ3v) is 5.21. The number of quaternary nitrogens is 1. The maximum absolute atomic E-state index is 12.6. The van der Waals surface area contributed by atoms with E-state index in [1.807, 2.05) is 30.3 Å². The van der Waals surface area contributed by atoms with Gasteiger partial charge in [-0.3, -0.25) is 4.79 Å². The Morgan fingerprint density at radius 3 is 2.91 bits per heavy atom. The first-order chi connectivity index (χ1) is 10.6. The summed E-state index contributed by atoms with van der Waals surface area (Å²) in [5.74, 6) is -0.0195. The van der Waals surface area contributed by atoms with Crippen molar-refractivity contribution in [1.82, 2.24) is 4.90 Å². The lowest BCUT2D eigenvalue weighted by Gasteiger charge is -2.27. The predicted molar refractivity (Wildman–Crippen MR) is 92.8 cm³/mol. The molecular weight excluding hydrogens is 340 g/mol. The van der Waals surface area contributed by atoms with Crippen molar-refractivity contribution in [1.29, 1.82) is 0 Å². The van der Waals surface area contributed by atoms with Crippen molar-refractivity contribution < 1.29 is 14.4 Å². The Labute approximate surface area is 144 Å². The minimum atomic E-state index is -0.0195. The van der Waals surface area contributed by atoms with Crippen LogP contribution in [0.1, 0.15) is 5.56 Å². The number of ether oxygens (including phenoxy) is 1. The average molecular weight is 356 g/mol. The molecule has 1 amide bonds. The second kappa shape index (κ2) is 7.10. The average Bonchev–Trinajstić information content (AvgIpc) is 2.76. The number of benzene rings is 1. The van der Waals surface area contributed by atoms with Crippen LogP contribution in [0.25, 0.3) is 6.08 Å². The minimum Gasteiger partial charge on any atom is -0.370 e. The van der Waals surface area contributed by atoms with Crippen molar-refractivity contribution >= 4 is 51.9 Å². The van der Waals surface area contributed by atoms with Crippen LogP contribution in [0, 0.1) is 0 Å². The normalized spacial score (nSPS) is 21.9. The van der Waals surface area contributed by atoms with Gasteiger partial charge in [0.2, 0.25) is 0 Å². The largest absolute Gasteiger partial charge is 0.370 e.